The molecule has 0 saturated carbocycles. The maximum atomic E-state index is 12.2. The summed E-state index contributed by atoms with van der Waals surface area (Å²) in [6, 6.07) is 19.9. The van der Waals surface area contributed by atoms with Crippen molar-refractivity contribution in [3.05, 3.63) is 88.2 Å². The second-order valence-corrected chi connectivity index (χ2v) is 7.74. The van der Waals surface area contributed by atoms with Gasteiger partial charge in [-0.3, -0.25) is 10.1 Å². The van der Waals surface area contributed by atoms with Gasteiger partial charge < -0.3 is 14.7 Å². The number of likely N-dealkylation sites (N-methyl/N-ethyl adjacent to an activating group) is 1. The number of nitro groups is 1. The van der Waals surface area contributed by atoms with E-state index in [0.29, 0.717) is 37.8 Å². The quantitative estimate of drug-likeness (QED) is 0.430. The van der Waals surface area contributed by atoms with Crippen LogP contribution in [0.15, 0.2) is 67.0 Å². The molecule has 0 aliphatic carbocycles. The molecule has 1 aromatic heterocycles. The van der Waals surface area contributed by atoms with Crippen LogP contribution in [0.25, 0.3) is 0 Å². The van der Waals surface area contributed by atoms with Crippen molar-refractivity contribution in [1.29, 1.82) is 0 Å². The van der Waals surface area contributed by atoms with E-state index in [4.69, 9.17) is 0 Å². The van der Waals surface area contributed by atoms with Crippen molar-refractivity contribution in [1.82, 2.24) is 14.9 Å². The van der Waals surface area contributed by atoms with E-state index in [0.717, 1.165) is 24.2 Å². The summed E-state index contributed by atoms with van der Waals surface area (Å²) in [6.07, 6.45) is 1.44. The van der Waals surface area contributed by atoms with Crippen molar-refractivity contribution in [2.45, 2.75) is 13.1 Å². The largest absolute Gasteiger partial charge is 0.353 e. The highest BCUT2D eigenvalue weighted by molar-refractivity contribution is 5.71. The van der Waals surface area contributed by atoms with E-state index in [2.05, 4.69) is 21.9 Å². The van der Waals surface area contributed by atoms with Gasteiger partial charge in [0, 0.05) is 39.3 Å². The van der Waals surface area contributed by atoms with Crippen molar-refractivity contribution >= 4 is 17.3 Å². The fourth-order valence-corrected chi connectivity index (χ4v) is 3.82. The number of piperazine rings is 1. The van der Waals surface area contributed by atoms with E-state index in [-0.39, 0.29) is 10.6 Å². The summed E-state index contributed by atoms with van der Waals surface area (Å²) in [5.74, 6) is 0.746. The Morgan fingerprint density at radius 1 is 0.903 bits per heavy atom. The van der Waals surface area contributed by atoms with Crippen LogP contribution >= 0.6 is 0 Å². The number of rotatable bonds is 7. The van der Waals surface area contributed by atoms with Gasteiger partial charge in [-0.15, -0.1) is 0 Å². The van der Waals surface area contributed by atoms with Crippen LogP contribution in [0, 0.1) is 10.1 Å². The van der Waals surface area contributed by atoms with Crippen LogP contribution in [0.3, 0.4) is 0 Å². The summed E-state index contributed by atoms with van der Waals surface area (Å²) in [4.78, 5) is 26.8. The third-order valence-electron chi connectivity index (χ3n) is 5.50. The zero-order chi connectivity index (χ0) is 21.6. The van der Waals surface area contributed by atoms with Gasteiger partial charge in [-0.2, -0.15) is 0 Å². The molecule has 1 saturated heterocycles. The molecule has 1 aliphatic heterocycles. The molecule has 160 valence electrons. The van der Waals surface area contributed by atoms with E-state index in [1.807, 2.05) is 70.5 Å². The molecule has 0 amide bonds. The molecule has 3 aromatic rings. The molecule has 4 rings (SSSR count). The molecule has 0 atom stereocenters. The van der Waals surface area contributed by atoms with Gasteiger partial charge in [0.15, 0.2) is 0 Å². The second kappa shape index (κ2) is 9.53. The summed E-state index contributed by atoms with van der Waals surface area (Å²) in [5.41, 5.74) is 2.10. The highest BCUT2D eigenvalue weighted by Crippen LogP contribution is 2.36. The van der Waals surface area contributed by atoms with Crippen LogP contribution < -0.4 is 9.80 Å². The molecule has 2 heterocycles. The van der Waals surface area contributed by atoms with Crippen LogP contribution in [-0.4, -0.2) is 53.0 Å². The topological polar surface area (TPSA) is 78.6 Å². The van der Waals surface area contributed by atoms with Crippen molar-refractivity contribution in [2.24, 2.45) is 0 Å². The van der Waals surface area contributed by atoms with Gasteiger partial charge in [-0.1, -0.05) is 60.7 Å². The number of hydrogen-bond acceptors (Lipinski definition) is 7. The fraction of sp³-hybridized carbons (Fsp3) is 0.304. The van der Waals surface area contributed by atoms with Crippen LogP contribution in [0.4, 0.5) is 17.3 Å². The molecular formula is C23H26N6O2. The molecule has 0 N–H and O–H groups in total. The maximum Gasteiger partial charge on any atom is 0.353 e. The van der Waals surface area contributed by atoms with Crippen molar-refractivity contribution in [3.63, 3.8) is 0 Å². The molecule has 31 heavy (non-hydrogen) atoms. The number of benzene rings is 2. The Balaban J connectivity index is 1.74. The zero-order valence-electron chi connectivity index (χ0n) is 17.6. The minimum Gasteiger partial charge on any atom is -0.348 e. The summed E-state index contributed by atoms with van der Waals surface area (Å²) >= 11 is 0. The summed E-state index contributed by atoms with van der Waals surface area (Å²) < 4.78 is 0. The average molecular weight is 419 g/mol. The van der Waals surface area contributed by atoms with E-state index < -0.39 is 0 Å². The molecule has 8 heteroatoms. The lowest BCUT2D eigenvalue weighted by molar-refractivity contribution is -0.383. The Kier molecular flexibility index (Phi) is 6.37. The first-order chi connectivity index (χ1) is 15.1. The Hall–Kier alpha value is -3.52. The maximum absolute atomic E-state index is 12.2. The second-order valence-electron chi connectivity index (χ2n) is 7.74. The predicted octanol–water partition coefficient (Wildman–Crippen LogP) is 3.34. The third kappa shape index (κ3) is 4.97. The van der Waals surface area contributed by atoms with Crippen molar-refractivity contribution in [3.8, 4) is 0 Å². The van der Waals surface area contributed by atoms with Gasteiger partial charge in [0.2, 0.25) is 11.6 Å². The highest BCUT2D eigenvalue weighted by Gasteiger charge is 2.31. The SMILES string of the molecule is CN1CCN(c2ncnc(N(Cc3ccccc3)Cc3ccccc3)c2[N+](=O)[O-])CC1. The lowest BCUT2D eigenvalue weighted by Gasteiger charge is -2.33. The van der Waals surface area contributed by atoms with E-state index >= 15 is 0 Å². The van der Waals surface area contributed by atoms with Crippen LogP contribution in [0.1, 0.15) is 11.1 Å². The first-order valence-corrected chi connectivity index (χ1v) is 10.4. The molecule has 8 nitrogen and oxygen atoms in total. The molecule has 1 fully saturated rings. The van der Waals surface area contributed by atoms with Gasteiger partial charge in [0.1, 0.15) is 6.33 Å². The Morgan fingerprint density at radius 2 is 1.45 bits per heavy atom. The predicted molar refractivity (Wildman–Crippen MR) is 121 cm³/mol. The van der Waals surface area contributed by atoms with Gasteiger partial charge in [0.05, 0.1) is 4.92 Å². The Labute approximate surface area is 181 Å². The smallest absolute Gasteiger partial charge is 0.348 e. The van der Waals surface area contributed by atoms with E-state index in [1.165, 1.54) is 6.33 Å². The zero-order valence-corrected chi connectivity index (χ0v) is 17.6. The number of nitrogens with zero attached hydrogens (tertiary/aromatic N) is 6. The lowest BCUT2D eigenvalue weighted by Crippen LogP contribution is -2.45. The minimum absolute atomic E-state index is 0.0288. The molecule has 0 spiro atoms. The first kappa shape index (κ1) is 20.7. The van der Waals surface area contributed by atoms with Crippen LogP contribution in [0.5, 0.6) is 0 Å². The van der Waals surface area contributed by atoms with Crippen molar-refractivity contribution < 1.29 is 4.92 Å². The van der Waals surface area contributed by atoms with Crippen LogP contribution in [0.2, 0.25) is 0 Å². The first-order valence-electron chi connectivity index (χ1n) is 10.4. The lowest BCUT2D eigenvalue weighted by atomic mass is 10.1. The number of aromatic nitrogens is 2. The minimum atomic E-state index is -0.341. The van der Waals surface area contributed by atoms with Gasteiger partial charge in [0.25, 0.3) is 0 Å². The molecule has 0 bridgehead atoms. The van der Waals surface area contributed by atoms with E-state index in [1.54, 1.807) is 0 Å². The van der Waals surface area contributed by atoms with E-state index in [9.17, 15) is 10.1 Å². The molecule has 0 unspecified atom stereocenters. The summed E-state index contributed by atoms with van der Waals surface area (Å²) in [7, 11) is 2.05. The highest BCUT2D eigenvalue weighted by atomic mass is 16.6. The van der Waals surface area contributed by atoms with Gasteiger partial charge in [-0.25, -0.2) is 9.97 Å². The monoisotopic (exact) mass is 418 g/mol. The standard InChI is InChI=1S/C23H26N6O2/c1-26-12-14-27(15-13-26)22-21(29(30)31)23(25-18-24-22)28(16-19-8-4-2-5-9-19)17-20-10-6-3-7-11-20/h2-11,18H,12-17H2,1H3. The molecular weight excluding hydrogens is 392 g/mol. The Bertz CT molecular complexity index is 966. The summed E-state index contributed by atoms with van der Waals surface area (Å²) in [6.45, 7) is 4.10. The van der Waals surface area contributed by atoms with Gasteiger partial charge >= 0.3 is 5.69 Å². The molecule has 0 radical (unpaired) electrons. The third-order valence-corrected chi connectivity index (χ3v) is 5.50. The number of anilines is 2. The normalized spacial score (nSPS) is 14.4. The molecule has 2 aromatic carbocycles. The number of hydrogen-bond donors (Lipinski definition) is 0. The van der Waals surface area contributed by atoms with Crippen LogP contribution in [-0.2, 0) is 13.1 Å². The van der Waals surface area contributed by atoms with Crippen molar-refractivity contribution in [2.75, 3.05) is 43.0 Å². The fourth-order valence-electron chi connectivity index (χ4n) is 3.82. The Morgan fingerprint density at radius 3 is 1.97 bits per heavy atom. The average Bonchev–Trinajstić information content (AvgIpc) is 2.80. The summed E-state index contributed by atoms with van der Waals surface area (Å²) in [5, 5.41) is 12.2. The van der Waals surface area contributed by atoms with Gasteiger partial charge in [-0.05, 0) is 18.2 Å². The molecule has 1 aliphatic rings.